The third kappa shape index (κ3) is 3.71. The maximum atomic E-state index is 3.78. The van der Waals surface area contributed by atoms with Crippen LogP contribution in [0.3, 0.4) is 0 Å². The molecule has 108 valence electrons. The van der Waals surface area contributed by atoms with Gasteiger partial charge in [-0.05, 0) is 24.7 Å². The molecular weight excluding hydrogens is 220 g/mol. The molecule has 0 aromatic carbocycles. The average molecular weight is 254 g/mol. The zero-order chi connectivity index (χ0) is 14.0. The van der Waals surface area contributed by atoms with E-state index in [0.717, 1.165) is 12.5 Å². The standard InChI is InChI=1S/C16H34N2/c1-8-13(3)10-18-11-14(15(4,5)6)17-12-16(18,7)9-2/h13-14,17H,8-12H2,1-7H3. The third-order valence-electron chi connectivity index (χ3n) is 4.93. The molecule has 1 rings (SSSR count). The molecule has 1 fully saturated rings. The highest BCUT2D eigenvalue weighted by Gasteiger charge is 2.40. The summed E-state index contributed by atoms with van der Waals surface area (Å²) in [5.41, 5.74) is 0.688. The topological polar surface area (TPSA) is 15.3 Å². The summed E-state index contributed by atoms with van der Waals surface area (Å²) in [5.74, 6) is 0.801. The van der Waals surface area contributed by atoms with Crippen molar-refractivity contribution < 1.29 is 0 Å². The number of nitrogens with zero attached hydrogens (tertiary/aromatic N) is 1. The molecule has 0 aromatic heterocycles. The van der Waals surface area contributed by atoms with Crippen molar-refractivity contribution in [2.75, 3.05) is 19.6 Å². The number of nitrogens with one attached hydrogen (secondary N) is 1. The lowest BCUT2D eigenvalue weighted by Gasteiger charge is -2.51. The number of hydrogen-bond donors (Lipinski definition) is 1. The van der Waals surface area contributed by atoms with Gasteiger partial charge in [0.05, 0.1) is 0 Å². The fraction of sp³-hybridized carbons (Fsp3) is 1.00. The van der Waals surface area contributed by atoms with Crippen molar-refractivity contribution in [2.24, 2.45) is 11.3 Å². The van der Waals surface area contributed by atoms with Gasteiger partial charge in [-0.25, -0.2) is 0 Å². The molecule has 0 aliphatic carbocycles. The number of rotatable bonds is 4. The lowest BCUT2D eigenvalue weighted by Crippen LogP contribution is -2.66. The van der Waals surface area contributed by atoms with Crippen LogP contribution in [0.2, 0.25) is 0 Å². The van der Waals surface area contributed by atoms with E-state index in [2.05, 4.69) is 58.7 Å². The highest BCUT2D eigenvalue weighted by molar-refractivity contribution is 4.98. The van der Waals surface area contributed by atoms with Crippen LogP contribution in [0.25, 0.3) is 0 Å². The van der Waals surface area contributed by atoms with Gasteiger partial charge in [-0.15, -0.1) is 0 Å². The number of hydrogen-bond acceptors (Lipinski definition) is 2. The Balaban J connectivity index is 2.77. The maximum absolute atomic E-state index is 3.78. The first-order valence-electron chi connectivity index (χ1n) is 7.71. The Morgan fingerprint density at radius 2 is 1.94 bits per heavy atom. The highest BCUT2D eigenvalue weighted by Crippen LogP contribution is 2.30. The maximum Gasteiger partial charge on any atom is 0.0304 e. The van der Waals surface area contributed by atoms with Crippen molar-refractivity contribution in [3.63, 3.8) is 0 Å². The van der Waals surface area contributed by atoms with Gasteiger partial charge in [0.1, 0.15) is 0 Å². The van der Waals surface area contributed by atoms with Crippen LogP contribution >= 0.6 is 0 Å². The summed E-state index contributed by atoms with van der Waals surface area (Å²) in [5, 5.41) is 3.78. The molecule has 0 aromatic rings. The largest absolute Gasteiger partial charge is 0.310 e. The molecule has 1 aliphatic rings. The Kier molecular flexibility index (Phi) is 5.25. The SMILES string of the molecule is CCC(C)CN1CC(C(C)(C)C)NCC1(C)CC. The molecule has 3 unspecified atom stereocenters. The fourth-order valence-corrected chi connectivity index (χ4v) is 2.69. The Bertz CT molecular complexity index is 256. The van der Waals surface area contributed by atoms with E-state index < -0.39 is 0 Å². The summed E-state index contributed by atoms with van der Waals surface area (Å²) >= 11 is 0. The lowest BCUT2D eigenvalue weighted by molar-refractivity contribution is 0.0121. The van der Waals surface area contributed by atoms with Crippen LogP contribution in [-0.4, -0.2) is 36.1 Å². The van der Waals surface area contributed by atoms with Gasteiger partial charge in [0.25, 0.3) is 0 Å². The van der Waals surface area contributed by atoms with Gasteiger partial charge in [-0.2, -0.15) is 0 Å². The van der Waals surface area contributed by atoms with E-state index in [0.29, 0.717) is 17.0 Å². The van der Waals surface area contributed by atoms with Crippen LogP contribution in [0.5, 0.6) is 0 Å². The van der Waals surface area contributed by atoms with Crippen LogP contribution < -0.4 is 5.32 Å². The van der Waals surface area contributed by atoms with Gasteiger partial charge in [0.2, 0.25) is 0 Å². The summed E-state index contributed by atoms with van der Waals surface area (Å²) in [6, 6.07) is 0.612. The Labute approximate surface area is 115 Å². The predicted octanol–water partition coefficient (Wildman–Crippen LogP) is 3.52. The van der Waals surface area contributed by atoms with E-state index >= 15 is 0 Å². The zero-order valence-corrected chi connectivity index (χ0v) is 13.6. The van der Waals surface area contributed by atoms with Crippen molar-refractivity contribution in [3.05, 3.63) is 0 Å². The molecule has 3 atom stereocenters. The highest BCUT2D eigenvalue weighted by atomic mass is 15.3. The third-order valence-corrected chi connectivity index (χ3v) is 4.93. The molecule has 0 amide bonds. The van der Waals surface area contributed by atoms with E-state index in [9.17, 15) is 0 Å². The predicted molar refractivity (Wildman–Crippen MR) is 81.0 cm³/mol. The zero-order valence-electron chi connectivity index (χ0n) is 13.6. The minimum Gasteiger partial charge on any atom is -0.310 e. The van der Waals surface area contributed by atoms with Crippen LogP contribution in [-0.2, 0) is 0 Å². The van der Waals surface area contributed by atoms with Gasteiger partial charge in [-0.3, -0.25) is 4.90 Å². The van der Waals surface area contributed by atoms with Crippen LogP contribution in [0.4, 0.5) is 0 Å². The fourth-order valence-electron chi connectivity index (χ4n) is 2.69. The molecule has 1 heterocycles. The first-order chi connectivity index (χ1) is 8.23. The van der Waals surface area contributed by atoms with Crippen molar-refractivity contribution in [1.29, 1.82) is 0 Å². The summed E-state index contributed by atoms with van der Waals surface area (Å²) < 4.78 is 0. The first kappa shape index (κ1) is 16.0. The van der Waals surface area contributed by atoms with Crippen LogP contribution in [0.15, 0.2) is 0 Å². The van der Waals surface area contributed by atoms with Crippen molar-refractivity contribution in [2.45, 2.75) is 72.9 Å². The minimum atomic E-state index is 0.338. The second kappa shape index (κ2) is 5.92. The molecular formula is C16H34N2. The van der Waals surface area contributed by atoms with Crippen LogP contribution in [0.1, 0.15) is 61.3 Å². The monoisotopic (exact) mass is 254 g/mol. The Morgan fingerprint density at radius 3 is 2.39 bits per heavy atom. The summed E-state index contributed by atoms with van der Waals surface area (Å²) in [6.45, 7) is 20.0. The van der Waals surface area contributed by atoms with E-state index in [1.54, 1.807) is 0 Å². The van der Waals surface area contributed by atoms with Gasteiger partial charge in [-0.1, -0.05) is 48.0 Å². The lowest BCUT2D eigenvalue weighted by atomic mass is 9.81. The van der Waals surface area contributed by atoms with Gasteiger partial charge in [0.15, 0.2) is 0 Å². The molecule has 2 nitrogen and oxygen atoms in total. The van der Waals surface area contributed by atoms with Crippen LogP contribution in [0, 0.1) is 11.3 Å². The van der Waals surface area contributed by atoms with Crippen molar-refractivity contribution >= 4 is 0 Å². The van der Waals surface area contributed by atoms with Crippen molar-refractivity contribution in [1.82, 2.24) is 10.2 Å². The van der Waals surface area contributed by atoms with Crippen molar-refractivity contribution in [3.8, 4) is 0 Å². The molecule has 18 heavy (non-hydrogen) atoms. The summed E-state index contributed by atoms with van der Waals surface area (Å²) in [4.78, 5) is 2.74. The first-order valence-corrected chi connectivity index (χ1v) is 7.71. The van der Waals surface area contributed by atoms with E-state index in [4.69, 9.17) is 0 Å². The molecule has 1 aliphatic heterocycles. The van der Waals surface area contributed by atoms with Gasteiger partial charge < -0.3 is 5.32 Å². The van der Waals surface area contributed by atoms with E-state index in [-0.39, 0.29) is 0 Å². The molecule has 1 N–H and O–H groups in total. The Morgan fingerprint density at radius 1 is 1.33 bits per heavy atom. The molecule has 1 saturated heterocycles. The second-order valence-corrected chi connectivity index (χ2v) is 7.57. The van der Waals surface area contributed by atoms with Gasteiger partial charge in [0, 0.05) is 31.2 Å². The second-order valence-electron chi connectivity index (χ2n) is 7.57. The molecule has 2 heteroatoms. The minimum absolute atomic E-state index is 0.338. The van der Waals surface area contributed by atoms with Gasteiger partial charge >= 0.3 is 0 Å². The molecule has 0 radical (unpaired) electrons. The quantitative estimate of drug-likeness (QED) is 0.826. The normalized spacial score (nSPS) is 32.5. The Hall–Kier alpha value is -0.0800. The van der Waals surface area contributed by atoms with E-state index in [1.807, 2.05) is 0 Å². The molecule has 0 bridgehead atoms. The smallest absolute Gasteiger partial charge is 0.0304 e. The average Bonchev–Trinajstić information content (AvgIpc) is 2.30. The van der Waals surface area contributed by atoms with E-state index in [1.165, 1.54) is 25.9 Å². The molecule has 0 spiro atoms. The number of piperazine rings is 1. The molecule has 0 saturated carbocycles. The summed E-state index contributed by atoms with van der Waals surface area (Å²) in [7, 11) is 0. The summed E-state index contributed by atoms with van der Waals surface area (Å²) in [6.07, 6.45) is 2.51.